The Hall–Kier alpha value is -0.750. The van der Waals surface area contributed by atoms with Crippen molar-refractivity contribution >= 4 is 39.1 Å². The highest BCUT2D eigenvalue weighted by atomic mass is 79.9. The van der Waals surface area contributed by atoms with E-state index in [4.69, 9.17) is 17.3 Å². The number of hydrogen-bond donors (Lipinski definition) is 1. The molecule has 0 aliphatic rings. The lowest BCUT2D eigenvalue weighted by molar-refractivity contribution is -0.137. The SMILES string of the molecule is NC(CCl)=Nc1cc(Br)ccc1C(F)(F)F. The molecule has 1 aromatic rings. The fourth-order valence-corrected chi connectivity index (χ4v) is 1.43. The van der Waals surface area contributed by atoms with Gasteiger partial charge in [0, 0.05) is 4.47 Å². The molecule has 0 aliphatic heterocycles. The van der Waals surface area contributed by atoms with Gasteiger partial charge in [0.15, 0.2) is 0 Å². The van der Waals surface area contributed by atoms with Crippen LogP contribution in [-0.4, -0.2) is 11.7 Å². The Morgan fingerprint density at radius 3 is 2.56 bits per heavy atom. The minimum atomic E-state index is -4.47. The van der Waals surface area contributed by atoms with Gasteiger partial charge in [0.1, 0.15) is 5.84 Å². The number of alkyl halides is 4. The van der Waals surface area contributed by atoms with Crippen molar-refractivity contribution in [2.45, 2.75) is 6.18 Å². The molecule has 1 rings (SSSR count). The summed E-state index contributed by atoms with van der Waals surface area (Å²) in [6.07, 6.45) is -4.47. The van der Waals surface area contributed by atoms with Gasteiger partial charge in [-0.3, -0.25) is 0 Å². The molecule has 0 saturated carbocycles. The average Bonchev–Trinajstić information content (AvgIpc) is 2.15. The Labute approximate surface area is 103 Å². The van der Waals surface area contributed by atoms with Crippen LogP contribution in [0, 0.1) is 0 Å². The first kappa shape index (κ1) is 13.3. The highest BCUT2D eigenvalue weighted by Gasteiger charge is 2.33. The number of nitrogens with zero attached hydrogens (tertiary/aromatic N) is 1. The van der Waals surface area contributed by atoms with Crippen LogP contribution in [0.4, 0.5) is 18.9 Å². The fraction of sp³-hybridized carbons (Fsp3) is 0.222. The molecule has 0 unspecified atom stereocenters. The summed E-state index contributed by atoms with van der Waals surface area (Å²) in [5.74, 6) is -0.186. The van der Waals surface area contributed by atoms with E-state index in [9.17, 15) is 13.2 Å². The summed E-state index contributed by atoms with van der Waals surface area (Å²) in [4.78, 5) is 3.62. The highest BCUT2D eigenvalue weighted by molar-refractivity contribution is 9.10. The third-order valence-corrected chi connectivity index (χ3v) is 2.43. The molecule has 1 aromatic carbocycles. The van der Waals surface area contributed by atoms with E-state index in [0.29, 0.717) is 4.47 Å². The van der Waals surface area contributed by atoms with Crippen LogP contribution in [0.25, 0.3) is 0 Å². The van der Waals surface area contributed by atoms with Crippen molar-refractivity contribution in [1.82, 2.24) is 0 Å². The molecule has 2 N–H and O–H groups in total. The molecule has 0 radical (unpaired) electrons. The normalized spacial score (nSPS) is 12.9. The van der Waals surface area contributed by atoms with Gasteiger partial charge in [-0.15, -0.1) is 11.6 Å². The van der Waals surface area contributed by atoms with Crippen molar-refractivity contribution in [3.8, 4) is 0 Å². The van der Waals surface area contributed by atoms with E-state index < -0.39 is 11.7 Å². The van der Waals surface area contributed by atoms with Crippen LogP contribution in [-0.2, 0) is 6.18 Å². The summed E-state index contributed by atoms with van der Waals surface area (Å²) in [6.45, 7) is 0. The minimum Gasteiger partial charge on any atom is -0.386 e. The predicted molar refractivity (Wildman–Crippen MR) is 61.1 cm³/mol. The minimum absolute atomic E-state index is 0.0646. The van der Waals surface area contributed by atoms with Crippen LogP contribution < -0.4 is 5.73 Å². The quantitative estimate of drug-likeness (QED) is 0.504. The van der Waals surface area contributed by atoms with Crippen molar-refractivity contribution < 1.29 is 13.2 Å². The first-order chi connectivity index (χ1) is 7.34. The summed E-state index contributed by atoms with van der Waals surface area (Å²) in [5, 5.41) is 0. The standard InChI is InChI=1S/C9H7BrClF3N2/c10-5-1-2-6(9(12,13)14)7(3-5)16-8(15)4-11/h1-3H,4H2,(H2,15,16). The number of nitrogens with two attached hydrogens (primary N) is 1. The smallest absolute Gasteiger partial charge is 0.386 e. The molecule has 7 heteroatoms. The van der Waals surface area contributed by atoms with Crippen LogP contribution >= 0.6 is 27.5 Å². The largest absolute Gasteiger partial charge is 0.418 e. The summed E-state index contributed by atoms with van der Waals surface area (Å²) >= 11 is 8.42. The number of benzene rings is 1. The van der Waals surface area contributed by atoms with E-state index in [0.717, 1.165) is 6.07 Å². The van der Waals surface area contributed by atoms with E-state index >= 15 is 0 Å². The van der Waals surface area contributed by atoms with Gasteiger partial charge in [0.25, 0.3) is 0 Å². The molecule has 0 bridgehead atoms. The zero-order valence-electron chi connectivity index (χ0n) is 7.85. The van der Waals surface area contributed by atoms with Gasteiger partial charge in [-0.1, -0.05) is 15.9 Å². The van der Waals surface area contributed by atoms with Gasteiger partial charge in [0.2, 0.25) is 0 Å². The van der Waals surface area contributed by atoms with E-state index in [1.807, 2.05) is 0 Å². The van der Waals surface area contributed by atoms with Crippen LogP contribution in [0.3, 0.4) is 0 Å². The molecule has 0 saturated heterocycles. The van der Waals surface area contributed by atoms with Crippen molar-refractivity contribution in [2.75, 3.05) is 5.88 Å². The molecule has 0 fully saturated rings. The predicted octanol–water partition coefficient (Wildman–Crippen LogP) is 3.70. The average molecular weight is 316 g/mol. The second-order valence-corrected chi connectivity index (χ2v) is 4.08. The van der Waals surface area contributed by atoms with Gasteiger partial charge in [-0.2, -0.15) is 13.2 Å². The van der Waals surface area contributed by atoms with Crippen LogP contribution in [0.5, 0.6) is 0 Å². The van der Waals surface area contributed by atoms with E-state index in [-0.39, 0.29) is 17.4 Å². The van der Waals surface area contributed by atoms with Crippen LogP contribution in [0.1, 0.15) is 5.56 Å². The molecule has 88 valence electrons. The first-order valence-electron chi connectivity index (χ1n) is 4.10. The number of aliphatic imine (C=N–C) groups is 1. The third-order valence-electron chi connectivity index (χ3n) is 1.67. The highest BCUT2D eigenvalue weighted by Crippen LogP contribution is 2.37. The van der Waals surface area contributed by atoms with Crippen molar-refractivity contribution in [3.63, 3.8) is 0 Å². The third kappa shape index (κ3) is 3.38. The topological polar surface area (TPSA) is 38.4 Å². The zero-order valence-corrected chi connectivity index (χ0v) is 10.2. The van der Waals surface area contributed by atoms with Crippen molar-refractivity contribution in [1.29, 1.82) is 0 Å². The van der Waals surface area contributed by atoms with E-state index in [1.54, 1.807) is 0 Å². The Balaban J connectivity index is 3.30. The van der Waals surface area contributed by atoms with E-state index in [1.165, 1.54) is 12.1 Å². The monoisotopic (exact) mass is 314 g/mol. The Bertz CT molecular complexity index is 418. The van der Waals surface area contributed by atoms with E-state index in [2.05, 4.69) is 20.9 Å². The molecule has 0 atom stereocenters. The number of rotatable bonds is 2. The summed E-state index contributed by atoms with van der Waals surface area (Å²) in [5.41, 5.74) is 4.21. The van der Waals surface area contributed by atoms with Gasteiger partial charge in [-0.25, -0.2) is 4.99 Å². The molecule has 0 aliphatic carbocycles. The van der Waals surface area contributed by atoms with Gasteiger partial charge >= 0.3 is 6.18 Å². The first-order valence-corrected chi connectivity index (χ1v) is 5.43. The summed E-state index contributed by atoms with van der Waals surface area (Å²) in [6, 6.07) is 3.46. The van der Waals surface area contributed by atoms with Gasteiger partial charge in [-0.05, 0) is 18.2 Å². The fourth-order valence-electron chi connectivity index (χ4n) is 1.02. The van der Waals surface area contributed by atoms with Crippen molar-refractivity contribution in [2.24, 2.45) is 10.7 Å². The molecule has 16 heavy (non-hydrogen) atoms. The molecule has 0 amide bonds. The lowest BCUT2D eigenvalue weighted by Crippen LogP contribution is -2.13. The molecule has 0 spiro atoms. The number of hydrogen-bond acceptors (Lipinski definition) is 1. The molecule has 0 aromatic heterocycles. The summed E-state index contributed by atoms with van der Waals surface area (Å²) in [7, 11) is 0. The molecule has 0 heterocycles. The maximum atomic E-state index is 12.6. The lowest BCUT2D eigenvalue weighted by atomic mass is 10.2. The number of amidine groups is 1. The Morgan fingerprint density at radius 2 is 2.06 bits per heavy atom. The Morgan fingerprint density at radius 1 is 1.44 bits per heavy atom. The lowest BCUT2D eigenvalue weighted by Gasteiger charge is -2.10. The maximum Gasteiger partial charge on any atom is 0.418 e. The maximum absolute atomic E-state index is 12.6. The second kappa shape index (κ2) is 5.05. The molecular formula is C9H7BrClF3N2. The van der Waals surface area contributed by atoms with Gasteiger partial charge < -0.3 is 5.73 Å². The Kier molecular flexibility index (Phi) is 4.21. The number of halogens is 5. The zero-order chi connectivity index (χ0) is 12.3. The molecule has 2 nitrogen and oxygen atoms in total. The van der Waals surface area contributed by atoms with Crippen LogP contribution in [0.2, 0.25) is 0 Å². The second-order valence-electron chi connectivity index (χ2n) is 2.90. The summed E-state index contributed by atoms with van der Waals surface area (Å²) < 4.78 is 38.2. The van der Waals surface area contributed by atoms with Crippen LogP contribution in [0.15, 0.2) is 27.7 Å². The van der Waals surface area contributed by atoms with Crippen molar-refractivity contribution in [3.05, 3.63) is 28.2 Å². The van der Waals surface area contributed by atoms with Gasteiger partial charge in [0.05, 0.1) is 17.1 Å². The molecular weight excluding hydrogens is 308 g/mol.